The van der Waals surface area contributed by atoms with Crippen LogP contribution >= 0.6 is 11.3 Å². The van der Waals surface area contributed by atoms with Gasteiger partial charge in [0.15, 0.2) is 0 Å². The van der Waals surface area contributed by atoms with Crippen LogP contribution in [0.5, 0.6) is 0 Å². The molecular weight excluding hydrogens is 240 g/mol. The van der Waals surface area contributed by atoms with E-state index in [0.717, 1.165) is 16.9 Å². The van der Waals surface area contributed by atoms with Crippen LogP contribution in [0.3, 0.4) is 0 Å². The van der Waals surface area contributed by atoms with Crippen LogP contribution in [0.1, 0.15) is 40.8 Å². The standard InChI is InChI=1S/C16H20OS/c1-11(2)9-13-5-4-6-14(10-13)16(17)15-8-7-12(3)18-15/h4-8,10-11,16-17H,9H2,1-3H3. The Morgan fingerprint density at radius 3 is 2.56 bits per heavy atom. The van der Waals surface area contributed by atoms with Crippen LogP contribution in [0, 0.1) is 12.8 Å². The minimum atomic E-state index is -0.490. The molecule has 0 aliphatic rings. The third-order valence-electron chi connectivity index (χ3n) is 2.94. The molecule has 0 aliphatic heterocycles. The predicted molar refractivity (Wildman–Crippen MR) is 78.1 cm³/mol. The molecule has 0 amide bonds. The van der Waals surface area contributed by atoms with E-state index in [1.165, 1.54) is 10.4 Å². The quantitative estimate of drug-likeness (QED) is 0.867. The van der Waals surface area contributed by atoms with Gasteiger partial charge >= 0.3 is 0 Å². The van der Waals surface area contributed by atoms with E-state index in [2.05, 4.69) is 39.0 Å². The highest BCUT2D eigenvalue weighted by Crippen LogP contribution is 2.28. The Hall–Kier alpha value is -1.12. The van der Waals surface area contributed by atoms with Crippen molar-refractivity contribution in [3.63, 3.8) is 0 Å². The lowest BCUT2D eigenvalue weighted by molar-refractivity contribution is 0.224. The molecule has 1 nitrogen and oxygen atoms in total. The Labute approximate surface area is 113 Å². The van der Waals surface area contributed by atoms with E-state index >= 15 is 0 Å². The number of aliphatic hydroxyl groups excluding tert-OH is 1. The summed E-state index contributed by atoms with van der Waals surface area (Å²) in [5, 5.41) is 10.4. The maximum atomic E-state index is 10.4. The zero-order valence-corrected chi connectivity index (χ0v) is 12.0. The molecule has 2 heteroatoms. The third-order valence-corrected chi connectivity index (χ3v) is 3.99. The second-order valence-corrected chi connectivity index (χ2v) is 6.51. The molecule has 2 aromatic rings. The van der Waals surface area contributed by atoms with Crippen LogP contribution in [-0.2, 0) is 6.42 Å². The normalized spacial score (nSPS) is 12.9. The van der Waals surface area contributed by atoms with Gasteiger partial charge in [-0.05, 0) is 42.5 Å². The Kier molecular flexibility index (Phi) is 4.20. The van der Waals surface area contributed by atoms with Gasteiger partial charge in [-0.2, -0.15) is 0 Å². The van der Waals surface area contributed by atoms with Crippen LogP contribution < -0.4 is 0 Å². The smallest absolute Gasteiger partial charge is 0.113 e. The molecule has 1 N–H and O–H groups in total. The first-order valence-electron chi connectivity index (χ1n) is 6.39. The lowest BCUT2D eigenvalue weighted by atomic mass is 9.99. The molecule has 0 bridgehead atoms. The second kappa shape index (κ2) is 5.68. The number of benzene rings is 1. The van der Waals surface area contributed by atoms with Crippen molar-refractivity contribution in [1.82, 2.24) is 0 Å². The fourth-order valence-corrected chi connectivity index (χ4v) is 3.02. The first kappa shape index (κ1) is 13.3. The van der Waals surface area contributed by atoms with Crippen LogP contribution in [0.25, 0.3) is 0 Å². The Morgan fingerprint density at radius 2 is 1.94 bits per heavy atom. The predicted octanol–water partition coefficient (Wildman–Crippen LogP) is 4.34. The zero-order chi connectivity index (χ0) is 13.1. The Bertz CT molecular complexity index is 513. The molecule has 1 aromatic carbocycles. The van der Waals surface area contributed by atoms with Gasteiger partial charge in [-0.3, -0.25) is 0 Å². The molecule has 0 radical (unpaired) electrons. The fourth-order valence-electron chi connectivity index (χ4n) is 2.13. The van der Waals surface area contributed by atoms with Crippen molar-refractivity contribution in [2.45, 2.75) is 33.3 Å². The molecule has 1 unspecified atom stereocenters. The third kappa shape index (κ3) is 3.21. The van der Waals surface area contributed by atoms with Gasteiger partial charge in [0.25, 0.3) is 0 Å². The fraction of sp³-hybridized carbons (Fsp3) is 0.375. The Balaban J connectivity index is 2.22. The Morgan fingerprint density at radius 1 is 1.17 bits per heavy atom. The molecule has 1 heterocycles. The number of hydrogen-bond acceptors (Lipinski definition) is 2. The van der Waals surface area contributed by atoms with Gasteiger partial charge < -0.3 is 5.11 Å². The van der Waals surface area contributed by atoms with Crippen LogP contribution in [0.2, 0.25) is 0 Å². The first-order valence-corrected chi connectivity index (χ1v) is 7.21. The van der Waals surface area contributed by atoms with Crippen LogP contribution in [-0.4, -0.2) is 5.11 Å². The maximum absolute atomic E-state index is 10.4. The minimum absolute atomic E-state index is 0.490. The molecule has 0 spiro atoms. The number of thiophene rings is 1. The van der Waals surface area contributed by atoms with Crippen molar-refractivity contribution in [2.24, 2.45) is 5.92 Å². The molecule has 0 aliphatic carbocycles. The first-order chi connectivity index (χ1) is 8.56. The van der Waals surface area contributed by atoms with Gasteiger partial charge in [-0.15, -0.1) is 11.3 Å². The van der Waals surface area contributed by atoms with Crippen molar-refractivity contribution in [2.75, 3.05) is 0 Å². The molecule has 18 heavy (non-hydrogen) atoms. The summed E-state index contributed by atoms with van der Waals surface area (Å²) < 4.78 is 0. The SMILES string of the molecule is Cc1ccc(C(O)c2cccc(CC(C)C)c2)s1. The van der Waals surface area contributed by atoms with Gasteiger partial charge in [0.2, 0.25) is 0 Å². The van der Waals surface area contributed by atoms with Gasteiger partial charge in [-0.25, -0.2) is 0 Å². The van der Waals surface area contributed by atoms with Crippen LogP contribution in [0.15, 0.2) is 36.4 Å². The van der Waals surface area contributed by atoms with E-state index in [1.807, 2.05) is 18.2 Å². The van der Waals surface area contributed by atoms with Crippen molar-refractivity contribution in [3.05, 3.63) is 57.3 Å². The van der Waals surface area contributed by atoms with Crippen molar-refractivity contribution >= 4 is 11.3 Å². The second-order valence-electron chi connectivity index (χ2n) is 5.19. The summed E-state index contributed by atoms with van der Waals surface area (Å²) in [7, 11) is 0. The van der Waals surface area contributed by atoms with E-state index in [4.69, 9.17) is 0 Å². The summed E-state index contributed by atoms with van der Waals surface area (Å²) in [5.41, 5.74) is 2.30. The highest BCUT2D eigenvalue weighted by molar-refractivity contribution is 7.12. The summed E-state index contributed by atoms with van der Waals surface area (Å²) in [4.78, 5) is 2.26. The van der Waals surface area contributed by atoms with E-state index in [0.29, 0.717) is 5.92 Å². The molecule has 1 atom stereocenters. The monoisotopic (exact) mass is 260 g/mol. The van der Waals surface area contributed by atoms with Crippen molar-refractivity contribution < 1.29 is 5.11 Å². The average Bonchev–Trinajstić information content (AvgIpc) is 2.74. The summed E-state index contributed by atoms with van der Waals surface area (Å²) in [5.74, 6) is 0.640. The lowest BCUT2D eigenvalue weighted by Gasteiger charge is -2.12. The van der Waals surface area contributed by atoms with E-state index in [9.17, 15) is 5.11 Å². The van der Waals surface area contributed by atoms with Crippen molar-refractivity contribution in [3.8, 4) is 0 Å². The van der Waals surface area contributed by atoms with E-state index in [-0.39, 0.29) is 0 Å². The highest BCUT2D eigenvalue weighted by atomic mass is 32.1. The molecule has 1 aromatic heterocycles. The number of rotatable bonds is 4. The minimum Gasteiger partial charge on any atom is -0.383 e. The van der Waals surface area contributed by atoms with Crippen LogP contribution in [0.4, 0.5) is 0 Å². The molecule has 0 saturated carbocycles. The van der Waals surface area contributed by atoms with E-state index in [1.54, 1.807) is 11.3 Å². The van der Waals surface area contributed by atoms with Gasteiger partial charge in [0.05, 0.1) is 0 Å². The number of aryl methyl sites for hydroxylation is 1. The molecule has 96 valence electrons. The summed E-state index contributed by atoms with van der Waals surface area (Å²) >= 11 is 1.66. The highest BCUT2D eigenvalue weighted by Gasteiger charge is 2.12. The zero-order valence-electron chi connectivity index (χ0n) is 11.2. The average molecular weight is 260 g/mol. The summed E-state index contributed by atoms with van der Waals surface area (Å²) in [6.07, 6.45) is 0.570. The molecule has 2 rings (SSSR count). The molecule has 0 saturated heterocycles. The molecule has 0 fully saturated rings. The van der Waals surface area contributed by atoms with Gasteiger partial charge in [0.1, 0.15) is 6.10 Å². The van der Waals surface area contributed by atoms with Gasteiger partial charge in [0, 0.05) is 9.75 Å². The number of hydrogen-bond donors (Lipinski definition) is 1. The van der Waals surface area contributed by atoms with E-state index < -0.39 is 6.10 Å². The summed E-state index contributed by atoms with van der Waals surface area (Å²) in [6, 6.07) is 12.4. The number of aliphatic hydroxyl groups is 1. The largest absolute Gasteiger partial charge is 0.383 e. The van der Waals surface area contributed by atoms with Crippen molar-refractivity contribution in [1.29, 1.82) is 0 Å². The van der Waals surface area contributed by atoms with Gasteiger partial charge in [-0.1, -0.05) is 38.1 Å². The molecular formula is C16H20OS. The summed E-state index contributed by atoms with van der Waals surface area (Å²) in [6.45, 7) is 6.49. The topological polar surface area (TPSA) is 20.2 Å². The maximum Gasteiger partial charge on any atom is 0.113 e. The lowest BCUT2D eigenvalue weighted by Crippen LogP contribution is -2.00.